The van der Waals surface area contributed by atoms with E-state index in [1.807, 2.05) is 0 Å². The van der Waals surface area contributed by atoms with Crippen LogP contribution in [0.15, 0.2) is 0 Å². The highest BCUT2D eigenvalue weighted by Gasteiger charge is 1.92. The Morgan fingerprint density at radius 3 is 2.40 bits per heavy atom. The zero-order valence-corrected chi connectivity index (χ0v) is 8.33. The van der Waals surface area contributed by atoms with E-state index in [1.165, 1.54) is 12.5 Å². The van der Waals surface area contributed by atoms with Gasteiger partial charge in [0.25, 0.3) is 0 Å². The van der Waals surface area contributed by atoms with Crippen LogP contribution in [0.4, 0.5) is 0 Å². The highest BCUT2D eigenvalue weighted by atomic mass is 28.3. The Hall–Kier alpha value is -0.223. The Kier molecular flexibility index (Phi) is 6.74. The second-order valence-corrected chi connectivity index (χ2v) is 5.68. The summed E-state index contributed by atoms with van der Waals surface area (Å²) in [6.45, 7) is 6.82. The molecule has 0 heterocycles. The molecule has 0 aliphatic rings. The maximum Gasteiger partial charge on any atom is 0.0413 e. The van der Waals surface area contributed by atoms with E-state index in [0.29, 0.717) is 0 Å². The highest BCUT2D eigenvalue weighted by Crippen LogP contribution is 1.99. The number of rotatable bonds is 3. The Labute approximate surface area is 66.6 Å². The summed E-state index contributed by atoms with van der Waals surface area (Å²) in [6, 6.07) is 1.42. The van der Waals surface area contributed by atoms with Gasteiger partial charge in [0.05, 0.1) is 0 Å². The van der Waals surface area contributed by atoms with Crippen molar-refractivity contribution < 1.29 is 0 Å². The Bertz CT molecular complexity index is 116. The van der Waals surface area contributed by atoms with E-state index in [2.05, 4.69) is 31.9 Å². The van der Waals surface area contributed by atoms with Crippen molar-refractivity contribution in [2.45, 2.75) is 45.3 Å². The Morgan fingerprint density at radius 2 is 1.90 bits per heavy atom. The molecule has 0 unspecified atom stereocenters. The van der Waals surface area contributed by atoms with Crippen LogP contribution in [-0.4, -0.2) is 8.80 Å². The molecule has 0 spiro atoms. The Morgan fingerprint density at radius 1 is 1.20 bits per heavy atom. The summed E-state index contributed by atoms with van der Waals surface area (Å²) in [5.41, 5.74) is 0. The van der Waals surface area contributed by atoms with E-state index in [9.17, 15) is 0 Å². The lowest BCUT2D eigenvalue weighted by Gasteiger charge is -1.96. The van der Waals surface area contributed by atoms with Crippen LogP contribution in [0.2, 0.25) is 19.1 Å². The van der Waals surface area contributed by atoms with Crippen molar-refractivity contribution in [3.05, 3.63) is 0 Å². The third-order valence-electron chi connectivity index (χ3n) is 1.28. The van der Waals surface area contributed by atoms with Crippen LogP contribution in [0.1, 0.15) is 26.2 Å². The average Bonchev–Trinajstić information content (AvgIpc) is 1.87. The van der Waals surface area contributed by atoms with Gasteiger partial charge in [0.1, 0.15) is 0 Å². The van der Waals surface area contributed by atoms with Crippen molar-refractivity contribution in [1.82, 2.24) is 0 Å². The molecule has 0 aliphatic heterocycles. The van der Waals surface area contributed by atoms with Crippen molar-refractivity contribution in [3.63, 3.8) is 0 Å². The summed E-state index contributed by atoms with van der Waals surface area (Å²) in [5, 5.41) is 0. The van der Waals surface area contributed by atoms with Crippen LogP contribution in [0.25, 0.3) is 0 Å². The van der Waals surface area contributed by atoms with Gasteiger partial charge < -0.3 is 0 Å². The molecule has 0 nitrogen and oxygen atoms in total. The second-order valence-electron chi connectivity index (χ2n) is 2.77. The first-order valence-corrected chi connectivity index (χ1v) is 6.72. The topological polar surface area (TPSA) is 0 Å². The van der Waals surface area contributed by atoms with Crippen LogP contribution in [0.3, 0.4) is 0 Å². The summed E-state index contributed by atoms with van der Waals surface area (Å²) < 4.78 is 0. The van der Waals surface area contributed by atoms with Gasteiger partial charge in [-0.2, -0.15) is 0 Å². The molecule has 1 heteroatoms. The van der Waals surface area contributed by atoms with Crippen molar-refractivity contribution in [3.8, 4) is 11.8 Å². The first kappa shape index (κ1) is 9.78. The van der Waals surface area contributed by atoms with Gasteiger partial charge in [-0.25, -0.2) is 0 Å². The van der Waals surface area contributed by atoms with Crippen LogP contribution in [0.5, 0.6) is 0 Å². The van der Waals surface area contributed by atoms with Gasteiger partial charge in [-0.05, 0) is 6.42 Å². The van der Waals surface area contributed by atoms with Crippen molar-refractivity contribution in [1.29, 1.82) is 0 Å². The summed E-state index contributed by atoms with van der Waals surface area (Å²) in [5.74, 6) is 6.24. The number of unbranched alkanes of at least 4 members (excludes halogenated alkanes) is 1. The van der Waals surface area contributed by atoms with Gasteiger partial charge in [-0.1, -0.05) is 26.1 Å². The molecule has 1 radical (unpaired) electrons. The summed E-state index contributed by atoms with van der Waals surface area (Å²) >= 11 is 0. The lowest BCUT2D eigenvalue weighted by atomic mass is 10.3. The number of hydrogen-bond donors (Lipinski definition) is 0. The predicted molar refractivity (Wildman–Crippen MR) is 49.6 cm³/mol. The summed E-state index contributed by atoms with van der Waals surface area (Å²) in [7, 11) is 0.0105. The fourth-order valence-corrected chi connectivity index (χ4v) is 1.63. The monoisotopic (exact) mass is 153 g/mol. The zero-order chi connectivity index (χ0) is 7.82. The van der Waals surface area contributed by atoms with Gasteiger partial charge in [-0.3, -0.25) is 0 Å². The molecule has 0 fully saturated rings. The zero-order valence-electron chi connectivity index (χ0n) is 7.33. The molecule has 0 saturated carbocycles. The summed E-state index contributed by atoms with van der Waals surface area (Å²) in [6.07, 6.45) is 3.44. The van der Waals surface area contributed by atoms with Crippen LogP contribution >= 0.6 is 0 Å². The lowest BCUT2D eigenvalue weighted by Crippen LogP contribution is -1.97. The van der Waals surface area contributed by atoms with Crippen molar-refractivity contribution >= 4 is 8.80 Å². The molecule has 0 atom stereocenters. The van der Waals surface area contributed by atoms with Gasteiger partial charge >= 0.3 is 0 Å². The van der Waals surface area contributed by atoms with E-state index in [0.717, 1.165) is 12.8 Å². The molecule has 0 N–H and O–H groups in total. The fourth-order valence-electron chi connectivity index (χ4n) is 0.744. The largest absolute Gasteiger partial charge is 0.104 e. The van der Waals surface area contributed by atoms with Gasteiger partial charge in [0.15, 0.2) is 0 Å². The molecule has 0 bridgehead atoms. The third kappa shape index (κ3) is 7.78. The first-order valence-electron chi connectivity index (χ1n) is 4.02. The van der Waals surface area contributed by atoms with E-state index < -0.39 is 0 Å². The maximum atomic E-state index is 3.16. The van der Waals surface area contributed by atoms with Crippen molar-refractivity contribution in [2.75, 3.05) is 0 Å². The molecule has 0 aliphatic carbocycles. The second kappa shape index (κ2) is 6.89. The minimum Gasteiger partial charge on any atom is -0.104 e. The molecule has 0 aromatic carbocycles. The van der Waals surface area contributed by atoms with Crippen LogP contribution in [-0.2, 0) is 0 Å². The van der Waals surface area contributed by atoms with Gasteiger partial charge in [0.2, 0.25) is 0 Å². The normalized spacial score (nSPS) is 9.20. The quantitative estimate of drug-likeness (QED) is 0.332. The van der Waals surface area contributed by atoms with Gasteiger partial charge in [-0.15, -0.1) is 11.8 Å². The lowest BCUT2D eigenvalue weighted by molar-refractivity contribution is 0.964. The van der Waals surface area contributed by atoms with Crippen LogP contribution in [0, 0.1) is 11.8 Å². The summed E-state index contributed by atoms with van der Waals surface area (Å²) in [4.78, 5) is 0. The molecule has 0 saturated heterocycles. The molecule has 0 aromatic rings. The smallest absolute Gasteiger partial charge is 0.0413 e. The van der Waals surface area contributed by atoms with E-state index in [-0.39, 0.29) is 8.80 Å². The standard InChI is InChI=1S/C9H17Si/c1-4-5-6-7-8-9-10(2)3/h4,7-9H2,1-3H3. The van der Waals surface area contributed by atoms with E-state index >= 15 is 0 Å². The Balaban J connectivity index is 3.05. The molecular formula is C9H17Si. The van der Waals surface area contributed by atoms with Crippen LogP contribution < -0.4 is 0 Å². The number of hydrogen-bond acceptors (Lipinski definition) is 0. The average molecular weight is 153 g/mol. The minimum absolute atomic E-state index is 0.0105. The maximum absolute atomic E-state index is 3.16. The SMILES string of the molecule is CCC#CCCC[Si](C)C. The van der Waals surface area contributed by atoms with E-state index in [1.54, 1.807) is 0 Å². The fraction of sp³-hybridized carbons (Fsp3) is 0.778. The molecule has 0 rings (SSSR count). The first-order chi connectivity index (χ1) is 4.77. The molecule has 0 amide bonds. The van der Waals surface area contributed by atoms with E-state index in [4.69, 9.17) is 0 Å². The van der Waals surface area contributed by atoms with Gasteiger partial charge in [0, 0.05) is 21.6 Å². The molecule has 57 valence electrons. The highest BCUT2D eigenvalue weighted by molar-refractivity contribution is 6.55. The minimum atomic E-state index is 0.0105. The molecule has 0 aromatic heterocycles. The third-order valence-corrected chi connectivity index (χ3v) is 2.63. The molecular weight excluding hydrogens is 136 g/mol. The predicted octanol–water partition coefficient (Wildman–Crippen LogP) is 2.93. The van der Waals surface area contributed by atoms with Crippen molar-refractivity contribution in [2.24, 2.45) is 0 Å². The molecule has 10 heavy (non-hydrogen) atoms.